The second-order valence-electron chi connectivity index (χ2n) is 5.40. The second kappa shape index (κ2) is 7.65. The zero-order chi connectivity index (χ0) is 17.7. The lowest BCUT2D eigenvalue weighted by Gasteiger charge is -2.11. The van der Waals surface area contributed by atoms with E-state index in [9.17, 15) is 12.8 Å². The zero-order valence-corrected chi connectivity index (χ0v) is 14.4. The van der Waals surface area contributed by atoms with Gasteiger partial charge in [-0.1, -0.05) is 17.3 Å². The van der Waals surface area contributed by atoms with Gasteiger partial charge in [-0.15, -0.1) is 5.10 Å². The molecule has 0 saturated heterocycles. The SMILES string of the molecule is CN(C)S(=O)(=O)c1ccc(Cc2cn(CC(F)=CCN)nn2)cc1. The predicted molar refractivity (Wildman–Crippen MR) is 88.4 cm³/mol. The molecule has 0 aliphatic heterocycles. The summed E-state index contributed by atoms with van der Waals surface area (Å²) in [7, 11) is -0.466. The highest BCUT2D eigenvalue weighted by atomic mass is 32.2. The van der Waals surface area contributed by atoms with Crippen molar-refractivity contribution in [2.24, 2.45) is 5.73 Å². The molecule has 0 radical (unpaired) electrons. The van der Waals surface area contributed by atoms with E-state index in [2.05, 4.69) is 10.3 Å². The Morgan fingerprint density at radius 2 is 2.00 bits per heavy atom. The van der Waals surface area contributed by atoms with Crippen LogP contribution in [0, 0.1) is 0 Å². The fraction of sp³-hybridized carbons (Fsp3) is 0.333. The fourth-order valence-electron chi connectivity index (χ4n) is 2.04. The van der Waals surface area contributed by atoms with Crippen LogP contribution in [0.25, 0.3) is 0 Å². The van der Waals surface area contributed by atoms with E-state index in [0.717, 1.165) is 9.87 Å². The number of nitrogens with zero attached hydrogens (tertiary/aromatic N) is 4. The van der Waals surface area contributed by atoms with Crippen molar-refractivity contribution < 1.29 is 12.8 Å². The minimum Gasteiger partial charge on any atom is -0.327 e. The molecule has 2 rings (SSSR count). The average Bonchev–Trinajstić information content (AvgIpc) is 2.94. The molecule has 7 nitrogen and oxygen atoms in total. The number of aromatic nitrogens is 3. The van der Waals surface area contributed by atoms with Crippen molar-refractivity contribution in [2.75, 3.05) is 20.6 Å². The largest absolute Gasteiger partial charge is 0.327 e. The Balaban J connectivity index is 2.07. The summed E-state index contributed by atoms with van der Waals surface area (Å²) < 4.78 is 40.0. The first-order valence-corrected chi connectivity index (χ1v) is 8.72. The maximum atomic E-state index is 13.4. The molecule has 9 heteroatoms. The van der Waals surface area contributed by atoms with E-state index in [-0.39, 0.29) is 23.8 Å². The summed E-state index contributed by atoms with van der Waals surface area (Å²) in [5.41, 5.74) is 6.80. The van der Waals surface area contributed by atoms with Crippen molar-refractivity contribution in [1.82, 2.24) is 19.3 Å². The molecule has 2 N–H and O–H groups in total. The molecule has 1 heterocycles. The Labute approximate surface area is 140 Å². The smallest absolute Gasteiger partial charge is 0.242 e. The first-order valence-electron chi connectivity index (χ1n) is 7.28. The van der Waals surface area contributed by atoms with Crippen molar-refractivity contribution in [3.8, 4) is 0 Å². The third-order valence-electron chi connectivity index (χ3n) is 3.33. The van der Waals surface area contributed by atoms with E-state index in [1.54, 1.807) is 30.5 Å². The zero-order valence-electron chi connectivity index (χ0n) is 13.6. The number of nitrogens with two attached hydrogens (primary N) is 1. The molecule has 1 aromatic carbocycles. The highest BCUT2D eigenvalue weighted by molar-refractivity contribution is 7.89. The summed E-state index contributed by atoms with van der Waals surface area (Å²) in [5.74, 6) is -0.368. The molecular formula is C15H20FN5O2S. The van der Waals surface area contributed by atoms with Crippen molar-refractivity contribution >= 4 is 10.0 Å². The first-order chi connectivity index (χ1) is 11.3. The summed E-state index contributed by atoms with van der Waals surface area (Å²) >= 11 is 0. The van der Waals surface area contributed by atoms with E-state index >= 15 is 0 Å². The van der Waals surface area contributed by atoms with E-state index in [0.29, 0.717) is 12.1 Å². The molecule has 0 bridgehead atoms. The molecule has 130 valence electrons. The average molecular weight is 353 g/mol. The monoisotopic (exact) mass is 353 g/mol. The quantitative estimate of drug-likeness (QED) is 0.799. The molecular weight excluding hydrogens is 333 g/mol. The minimum atomic E-state index is -3.44. The van der Waals surface area contributed by atoms with E-state index in [1.807, 2.05) is 0 Å². The standard InChI is InChI=1S/C15H20FN5O2S/c1-20(2)24(22,23)15-5-3-12(4-6-15)9-14-11-21(19-18-14)10-13(16)7-8-17/h3-7,11H,8-10,17H2,1-2H3. The third-order valence-corrected chi connectivity index (χ3v) is 5.15. The van der Waals surface area contributed by atoms with Crippen LogP contribution in [0.3, 0.4) is 0 Å². The summed E-state index contributed by atoms with van der Waals surface area (Å²) in [6, 6.07) is 6.56. The number of rotatable bonds is 7. The van der Waals surface area contributed by atoms with E-state index < -0.39 is 10.0 Å². The number of allylic oxidation sites excluding steroid dienone is 1. The van der Waals surface area contributed by atoms with Gasteiger partial charge in [0.25, 0.3) is 0 Å². The Kier molecular flexibility index (Phi) is 5.81. The van der Waals surface area contributed by atoms with E-state index in [1.165, 1.54) is 24.9 Å². The Morgan fingerprint density at radius 3 is 2.58 bits per heavy atom. The fourth-order valence-corrected chi connectivity index (χ4v) is 2.94. The molecule has 2 aromatic rings. The topological polar surface area (TPSA) is 94.1 Å². The van der Waals surface area contributed by atoms with Crippen molar-refractivity contribution in [2.45, 2.75) is 17.9 Å². The predicted octanol–water partition coefficient (Wildman–Crippen LogP) is 0.931. The molecule has 0 spiro atoms. The lowest BCUT2D eigenvalue weighted by Crippen LogP contribution is -2.22. The van der Waals surface area contributed by atoms with Crippen LogP contribution in [-0.4, -0.2) is 48.4 Å². The number of sulfonamides is 1. The normalized spacial score (nSPS) is 12.8. The van der Waals surface area contributed by atoms with Gasteiger partial charge in [-0.05, 0) is 23.8 Å². The number of hydrogen-bond acceptors (Lipinski definition) is 5. The molecule has 0 unspecified atom stereocenters. The lowest BCUT2D eigenvalue weighted by atomic mass is 10.1. The maximum absolute atomic E-state index is 13.4. The molecule has 1 aromatic heterocycles. The highest BCUT2D eigenvalue weighted by Gasteiger charge is 2.16. The Hall–Kier alpha value is -2.10. The van der Waals surface area contributed by atoms with Crippen LogP contribution >= 0.6 is 0 Å². The van der Waals surface area contributed by atoms with Crippen LogP contribution in [0.1, 0.15) is 11.3 Å². The Morgan fingerprint density at radius 1 is 1.33 bits per heavy atom. The maximum Gasteiger partial charge on any atom is 0.242 e. The minimum absolute atomic E-state index is 0.00971. The number of halogens is 1. The number of hydrogen-bond donors (Lipinski definition) is 1. The van der Waals surface area contributed by atoms with Crippen molar-refractivity contribution in [3.63, 3.8) is 0 Å². The molecule has 0 aliphatic rings. The molecule has 0 fully saturated rings. The van der Waals surface area contributed by atoms with Gasteiger partial charge in [0.05, 0.1) is 17.1 Å². The van der Waals surface area contributed by atoms with Crippen LogP contribution in [-0.2, 0) is 23.0 Å². The van der Waals surface area contributed by atoms with Crippen molar-refractivity contribution in [3.05, 3.63) is 53.6 Å². The lowest BCUT2D eigenvalue weighted by molar-refractivity contribution is 0.515. The summed E-state index contributed by atoms with van der Waals surface area (Å²) in [6.45, 7) is 0.125. The highest BCUT2D eigenvalue weighted by Crippen LogP contribution is 2.15. The molecule has 0 atom stereocenters. The van der Waals surface area contributed by atoms with Gasteiger partial charge in [-0.25, -0.2) is 21.8 Å². The van der Waals surface area contributed by atoms with Gasteiger partial charge >= 0.3 is 0 Å². The third kappa shape index (κ3) is 4.47. The molecule has 24 heavy (non-hydrogen) atoms. The van der Waals surface area contributed by atoms with Crippen molar-refractivity contribution in [1.29, 1.82) is 0 Å². The van der Waals surface area contributed by atoms with E-state index in [4.69, 9.17) is 5.73 Å². The molecule has 0 saturated carbocycles. The summed E-state index contributed by atoms with van der Waals surface area (Å²) in [4.78, 5) is 0.230. The van der Waals surface area contributed by atoms with Gasteiger partial charge < -0.3 is 5.73 Å². The van der Waals surface area contributed by atoms with Crippen LogP contribution in [0.4, 0.5) is 4.39 Å². The summed E-state index contributed by atoms with van der Waals surface area (Å²) in [5, 5.41) is 7.84. The van der Waals surface area contributed by atoms with Gasteiger partial charge in [-0.2, -0.15) is 0 Å². The summed E-state index contributed by atoms with van der Waals surface area (Å²) in [6.07, 6.45) is 3.41. The second-order valence-corrected chi connectivity index (χ2v) is 7.55. The number of benzene rings is 1. The van der Waals surface area contributed by atoms with Crippen LogP contribution in [0.15, 0.2) is 47.3 Å². The van der Waals surface area contributed by atoms with Gasteiger partial charge in [-0.3, -0.25) is 0 Å². The Bertz CT molecular complexity index is 813. The van der Waals surface area contributed by atoms with Crippen LogP contribution in [0.5, 0.6) is 0 Å². The first kappa shape index (κ1) is 18.2. The molecule has 0 aliphatic carbocycles. The van der Waals surface area contributed by atoms with Gasteiger partial charge in [0.1, 0.15) is 5.83 Å². The van der Waals surface area contributed by atoms with Gasteiger partial charge in [0, 0.05) is 33.3 Å². The van der Waals surface area contributed by atoms with Crippen LogP contribution in [0.2, 0.25) is 0 Å². The van der Waals surface area contributed by atoms with Gasteiger partial charge in [0.15, 0.2) is 0 Å². The van der Waals surface area contributed by atoms with Crippen LogP contribution < -0.4 is 5.73 Å². The molecule has 0 amide bonds. The van der Waals surface area contributed by atoms with Gasteiger partial charge in [0.2, 0.25) is 10.0 Å².